The molecule has 1 aromatic rings. The van der Waals surface area contributed by atoms with Gasteiger partial charge in [-0.3, -0.25) is 9.59 Å². The first-order chi connectivity index (χ1) is 8.34. The Bertz CT molecular complexity index is 469. The number of aryl methyl sites for hydroxylation is 1. The third kappa shape index (κ3) is 3.00. The van der Waals surface area contributed by atoms with E-state index in [1.807, 2.05) is 26.8 Å². The van der Waals surface area contributed by atoms with E-state index in [1.165, 1.54) is 0 Å². The molecule has 0 saturated carbocycles. The predicted molar refractivity (Wildman–Crippen MR) is 70.9 cm³/mol. The van der Waals surface area contributed by atoms with Crippen LogP contribution in [-0.2, 0) is 4.79 Å². The van der Waals surface area contributed by atoms with Crippen molar-refractivity contribution in [1.29, 1.82) is 0 Å². The maximum absolute atomic E-state index is 12.0. The van der Waals surface area contributed by atoms with Gasteiger partial charge in [0.15, 0.2) is 0 Å². The first-order valence-electron chi connectivity index (χ1n) is 5.79. The Labute approximate surface area is 107 Å². The number of primary amides is 1. The van der Waals surface area contributed by atoms with Crippen molar-refractivity contribution in [3.8, 4) is 0 Å². The number of para-hydroxylation sites is 1. The van der Waals surface area contributed by atoms with Crippen LogP contribution in [0, 0.1) is 12.8 Å². The maximum Gasteiger partial charge on any atom is 0.254 e. The standard InChI is InChI=1S/C13H19N3O2/c1-7(2)11(12(15)17)16-13(18)9-6-4-5-8(3)10(9)14/h4-7,11H,14H2,1-3H3,(H2,15,17)(H,16,18). The molecule has 0 aliphatic rings. The molecule has 0 bridgehead atoms. The second-order valence-electron chi connectivity index (χ2n) is 4.63. The van der Waals surface area contributed by atoms with Crippen LogP contribution in [0.25, 0.3) is 0 Å². The molecule has 18 heavy (non-hydrogen) atoms. The third-order valence-electron chi connectivity index (χ3n) is 2.83. The summed E-state index contributed by atoms with van der Waals surface area (Å²) in [5.41, 5.74) is 12.7. The fourth-order valence-electron chi connectivity index (χ4n) is 1.66. The quantitative estimate of drug-likeness (QED) is 0.689. The summed E-state index contributed by atoms with van der Waals surface area (Å²) in [6, 6.07) is 4.49. The van der Waals surface area contributed by atoms with Gasteiger partial charge in [-0.2, -0.15) is 0 Å². The number of benzene rings is 1. The van der Waals surface area contributed by atoms with Gasteiger partial charge in [0.05, 0.1) is 5.56 Å². The Morgan fingerprint density at radius 2 is 1.89 bits per heavy atom. The number of carbonyl (C=O) groups is 2. The van der Waals surface area contributed by atoms with Crippen LogP contribution in [-0.4, -0.2) is 17.9 Å². The second-order valence-corrected chi connectivity index (χ2v) is 4.63. The normalized spacial score (nSPS) is 12.2. The number of nitrogens with one attached hydrogen (secondary N) is 1. The van der Waals surface area contributed by atoms with Crippen LogP contribution in [0.1, 0.15) is 29.8 Å². The lowest BCUT2D eigenvalue weighted by molar-refractivity contribution is -0.120. The average molecular weight is 249 g/mol. The largest absolute Gasteiger partial charge is 0.398 e. The molecule has 5 N–H and O–H groups in total. The van der Waals surface area contributed by atoms with Crippen molar-refractivity contribution in [3.63, 3.8) is 0 Å². The second kappa shape index (κ2) is 5.53. The van der Waals surface area contributed by atoms with Crippen molar-refractivity contribution < 1.29 is 9.59 Å². The number of amides is 2. The first-order valence-corrected chi connectivity index (χ1v) is 5.79. The zero-order valence-electron chi connectivity index (χ0n) is 10.9. The fraction of sp³-hybridized carbons (Fsp3) is 0.385. The molecule has 0 heterocycles. The number of carbonyl (C=O) groups excluding carboxylic acids is 2. The molecule has 0 aliphatic carbocycles. The molecule has 5 heteroatoms. The number of anilines is 1. The van der Waals surface area contributed by atoms with Gasteiger partial charge >= 0.3 is 0 Å². The SMILES string of the molecule is Cc1cccc(C(=O)NC(C(N)=O)C(C)C)c1N. The molecule has 0 aromatic heterocycles. The van der Waals surface area contributed by atoms with E-state index in [-0.39, 0.29) is 11.8 Å². The van der Waals surface area contributed by atoms with Crippen molar-refractivity contribution in [1.82, 2.24) is 5.32 Å². The number of nitrogens with two attached hydrogens (primary N) is 2. The van der Waals surface area contributed by atoms with Crippen LogP contribution < -0.4 is 16.8 Å². The molecule has 0 spiro atoms. The van der Waals surface area contributed by atoms with Gasteiger partial charge in [0.2, 0.25) is 5.91 Å². The molecule has 1 aromatic carbocycles. The van der Waals surface area contributed by atoms with Gasteiger partial charge in [-0.1, -0.05) is 26.0 Å². The van der Waals surface area contributed by atoms with Gasteiger partial charge < -0.3 is 16.8 Å². The van der Waals surface area contributed by atoms with Gasteiger partial charge in [-0.25, -0.2) is 0 Å². The van der Waals surface area contributed by atoms with Crippen LogP contribution >= 0.6 is 0 Å². The summed E-state index contributed by atoms with van der Waals surface area (Å²) in [7, 11) is 0. The van der Waals surface area contributed by atoms with Crippen molar-refractivity contribution >= 4 is 17.5 Å². The van der Waals surface area contributed by atoms with E-state index < -0.39 is 11.9 Å². The van der Waals surface area contributed by atoms with E-state index in [4.69, 9.17) is 11.5 Å². The molecule has 0 fully saturated rings. The van der Waals surface area contributed by atoms with Gasteiger partial charge in [0.1, 0.15) is 6.04 Å². The number of hydrogen-bond acceptors (Lipinski definition) is 3. The molecule has 0 aliphatic heterocycles. The summed E-state index contributed by atoms with van der Waals surface area (Å²) in [5.74, 6) is -1.00. The highest BCUT2D eigenvalue weighted by atomic mass is 16.2. The maximum atomic E-state index is 12.0. The Kier molecular flexibility index (Phi) is 4.31. The van der Waals surface area contributed by atoms with E-state index in [2.05, 4.69) is 5.32 Å². The fourth-order valence-corrected chi connectivity index (χ4v) is 1.66. The molecule has 5 nitrogen and oxygen atoms in total. The van der Waals surface area contributed by atoms with Crippen molar-refractivity contribution in [3.05, 3.63) is 29.3 Å². The zero-order chi connectivity index (χ0) is 13.9. The van der Waals surface area contributed by atoms with Crippen molar-refractivity contribution in [2.45, 2.75) is 26.8 Å². The van der Waals surface area contributed by atoms with Crippen LogP contribution in [0.5, 0.6) is 0 Å². The number of rotatable bonds is 4. The minimum Gasteiger partial charge on any atom is -0.398 e. The lowest BCUT2D eigenvalue weighted by atomic mass is 10.0. The van der Waals surface area contributed by atoms with E-state index in [0.717, 1.165) is 5.56 Å². The minimum atomic E-state index is -0.697. The lowest BCUT2D eigenvalue weighted by Gasteiger charge is -2.19. The van der Waals surface area contributed by atoms with Crippen LogP contribution in [0.15, 0.2) is 18.2 Å². The highest BCUT2D eigenvalue weighted by molar-refractivity contribution is 6.01. The van der Waals surface area contributed by atoms with E-state index in [1.54, 1.807) is 12.1 Å². The van der Waals surface area contributed by atoms with E-state index >= 15 is 0 Å². The summed E-state index contributed by atoms with van der Waals surface area (Å²) in [6.45, 7) is 5.45. The summed E-state index contributed by atoms with van der Waals surface area (Å²) < 4.78 is 0. The summed E-state index contributed by atoms with van der Waals surface area (Å²) in [5, 5.41) is 2.61. The number of nitrogen functional groups attached to an aromatic ring is 1. The molecule has 98 valence electrons. The van der Waals surface area contributed by atoms with Crippen LogP contribution in [0.2, 0.25) is 0 Å². The first kappa shape index (κ1) is 14.0. The Hall–Kier alpha value is -2.04. The Morgan fingerprint density at radius 3 is 2.39 bits per heavy atom. The van der Waals surface area contributed by atoms with Crippen molar-refractivity contribution in [2.75, 3.05) is 5.73 Å². The molecular weight excluding hydrogens is 230 g/mol. The molecule has 0 radical (unpaired) electrons. The average Bonchev–Trinajstić information content (AvgIpc) is 2.28. The molecule has 1 rings (SSSR count). The number of hydrogen-bond donors (Lipinski definition) is 3. The zero-order valence-corrected chi connectivity index (χ0v) is 10.9. The highest BCUT2D eigenvalue weighted by Crippen LogP contribution is 2.16. The summed E-state index contributed by atoms with van der Waals surface area (Å²) in [4.78, 5) is 23.3. The molecule has 0 saturated heterocycles. The van der Waals surface area contributed by atoms with E-state index in [0.29, 0.717) is 11.3 Å². The van der Waals surface area contributed by atoms with Gasteiger partial charge in [-0.15, -0.1) is 0 Å². The molecule has 2 amide bonds. The lowest BCUT2D eigenvalue weighted by Crippen LogP contribution is -2.47. The minimum absolute atomic E-state index is 0.0718. The van der Waals surface area contributed by atoms with Crippen LogP contribution in [0.4, 0.5) is 5.69 Å². The van der Waals surface area contributed by atoms with E-state index in [9.17, 15) is 9.59 Å². The third-order valence-corrected chi connectivity index (χ3v) is 2.83. The van der Waals surface area contributed by atoms with Crippen LogP contribution in [0.3, 0.4) is 0 Å². The summed E-state index contributed by atoms with van der Waals surface area (Å²) in [6.07, 6.45) is 0. The molecule has 1 unspecified atom stereocenters. The van der Waals surface area contributed by atoms with Gasteiger partial charge in [0.25, 0.3) is 5.91 Å². The van der Waals surface area contributed by atoms with Crippen molar-refractivity contribution in [2.24, 2.45) is 11.7 Å². The topological polar surface area (TPSA) is 98.2 Å². The molecular formula is C13H19N3O2. The smallest absolute Gasteiger partial charge is 0.254 e. The highest BCUT2D eigenvalue weighted by Gasteiger charge is 2.23. The van der Waals surface area contributed by atoms with Gasteiger partial charge in [0, 0.05) is 5.69 Å². The monoisotopic (exact) mass is 249 g/mol. The Balaban J connectivity index is 2.94. The summed E-state index contributed by atoms with van der Waals surface area (Å²) >= 11 is 0. The molecule has 1 atom stereocenters. The predicted octanol–water partition coefficient (Wildman–Crippen LogP) is 0.817. The van der Waals surface area contributed by atoms with Gasteiger partial charge in [-0.05, 0) is 24.5 Å². The Morgan fingerprint density at radius 1 is 1.28 bits per heavy atom.